The molecular formula is C12H14OS. The van der Waals surface area contributed by atoms with Crippen LogP contribution in [0.5, 0.6) is 5.75 Å². The summed E-state index contributed by atoms with van der Waals surface area (Å²) in [6, 6.07) is 6.48. The quantitative estimate of drug-likeness (QED) is 0.723. The number of aryl methyl sites for hydroxylation is 2. The number of ether oxygens (including phenoxy) is 1. The minimum absolute atomic E-state index is 0.731. The van der Waals surface area contributed by atoms with Crippen LogP contribution in [0.25, 0.3) is 10.1 Å². The Labute approximate surface area is 88.3 Å². The molecule has 0 saturated carbocycles. The van der Waals surface area contributed by atoms with Gasteiger partial charge in [-0.2, -0.15) is 0 Å². The van der Waals surface area contributed by atoms with Crippen molar-refractivity contribution >= 4 is 21.4 Å². The first kappa shape index (κ1) is 9.53. The molecule has 1 nitrogen and oxygen atoms in total. The fourth-order valence-electron chi connectivity index (χ4n) is 1.66. The lowest BCUT2D eigenvalue weighted by Gasteiger charge is -2.04. The van der Waals surface area contributed by atoms with Crippen LogP contribution in [0.1, 0.15) is 17.4 Å². The SMILES string of the molecule is CCOc1cc(C)c2cc(C)sc2c1. The van der Waals surface area contributed by atoms with Crippen molar-refractivity contribution in [2.75, 3.05) is 6.61 Å². The summed E-state index contributed by atoms with van der Waals surface area (Å²) in [6.07, 6.45) is 0. The largest absolute Gasteiger partial charge is 0.494 e. The van der Waals surface area contributed by atoms with Gasteiger partial charge in [-0.3, -0.25) is 0 Å². The second-order valence-electron chi connectivity index (χ2n) is 3.44. The van der Waals surface area contributed by atoms with Crippen molar-refractivity contribution in [1.29, 1.82) is 0 Å². The Bertz CT molecular complexity index is 457. The van der Waals surface area contributed by atoms with Gasteiger partial charge in [0.15, 0.2) is 0 Å². The van der Waals surface area contributed by atoms with E-state index in [1.54, 1.807) is 0 Å². The zero-order valence-corrected chi connectivity index (χ0v) is 9.57. The van der Waals surface area contributed by atoms with E-state index < -0.39 is 0 Å². The molecule has 74 valence electrons. The lowest BCUT2D eigenvalue weighted by Crippen LogP contribution is -1.91. The molecule has 0 aliphatic carbocycles. The minimum Gasteiger partial charge on any atom is -0.494 e. The lowest BCUT2D eigenvalue weighted by atomic mass is 10.1. The summed E-state index contributed by atoms with van der Waals surface area (Å²) in [4.78, 5) is 1.36. The molecular weight excluding hydrogens is 192 g/mol. The summed E-state index contributed by atoms with van der Waals surface area (Å²) in [6.45, 7) is 7.02. The third-order valence-corrected chi connectivity index (χ3v) is 3.25. The normalized spacial score (nSPS) is 10.8. The Morgan fingerprint density at radius 1 is 1.21 bits per heavy atom. The third-order valence-electron chi connectivity index (χ3n) is 2.25. The highest BCUT2D eigenvalue weighted by Gasteiger charge is 2.04. The maximum Gasteiger partial charge on any atom is 0.120 e. The summed E-state index contributed by atoms with van der Waals surface area (Å²) in [5.74, 6) is 0.986. The van der Waals surface area contributed by atoms with Crippen molar-refractivity contribution in [1.82, 2.24) is 0 Å². The first-order valence-corrected chi connectivity index (χ1v) is 5.66. The zero-order valence-electron chi connectivity index (χ0n) is 8.76. The van der Waals surface area contributed by atoms with Gasteiger partial charge in [-0.15, -0.1) is 11.3 Å². The van der Waals surface area contributed by atoms with Crippen LogP contribution >= 0.6 is 11.3 Å². The van der Waals surface area contributed by atoms with E-state index in [-0.39, 0.29) is 0 Å². The minimum atomic E-state index is 0.731. The van der Waals surface area contributed by atoms with Gasteiger partial charge in [-0.1, -0.05) is 0 Å². The van der Waals surface area contributed by atoms with Crippen LogP contribution in [0.4, 0.5) is 0 Å². The van der Waals surface area contributed by atoms with E-state index in [9.17, 15) is 0 Å². The van der Waals surface area contributed by atoms with Crippen LogP contribution in [0.15, 0.2) is 18.2 Å². The smallest absolute Gasteiger partial charge is 0.120 e. The molecule has 0 amide bonds. The monoisotopic (exact) mass is 206 g/mol. The van der Waals surface area contributed by atoms with Crippen LogP contribution in [0.2, 0.25) is 0 Å². The number of thiophene rings is 1. The van der Waals surface area contributed by atoms with Crippen LogP contribution in [0, 0.1) is 13.8 Å². The van der Waals surface area contributed by atoms with E-state index in [1.165, 1.54) is 20.5 Å². The van der Waals surface area contributed by atoms with Crippen molar-refractivity contribution in [2.24, 2.45) is 0 Å². The highest BCUT2D eigenvalue weighted by Crippen LogP contribution is 2.31. The number of rotatable bonds is 2. The van der Waals surface area contributed by atoms with Gasteiger partial charge in [0, 0.05) is 9.58 Å². The molecule has 0 bridgehead atoms. The van der Waals surface area contributed by atoms with Gasteiger partial charge >= 0.3 is 0 Å². The third kappa shape index (κ3) is 1.62. The first-order valence-electron chi connectivity index (χ1n) is 4.84. The van der Waals surface area contributed by atoms with E-state index in [0.29, 0.717) is 0 Å². The van der Waals surface area contributed by atoms with E-state index >= 15 is 0 Å². The van der Waals surface area contributed by atoms with E-state index in [1.807, 2.05) is 18.3 Å². The molecule has 0 N–H and O–H groups in total. The van der Waals surface area contributed by atoms with Gasteiger partial charge < -0.3 is 4.74 Å². The van der Waals surface area contributed by atoms with Crippen molar-refractivity contribution in [2.45, 2.75) is 20.8 Å². The highest BCUT2D eigenvalue weighted by molar-refractivity contribution is 7.19. The van der Waals surface area contributed by atoms with Crippen molar-refractivity contribution < 1.29 is 4.74 Å². The Morgan fingerprint density at radius 2 is 2.00 bits per heavy atom. The molecule has 2 rings (SSSR count). The number of fused-ring (bicyclic) bond motifs is 1. The van der Waals surface area contributed by atoms with E-state index in [2.05, 4.69) is 32.0 Å². The summed E-state index contributed by atoms with van der Waals surface area (Å²) >= 11 is 1.83. The molecule has 1 aromatic heterocycles. The molecule has 0 aliphatic rings. The average molecular weight is 206 g/mol. The van der Waals surface area contributed by atoms with Crippen molar-refractivity contribution in [3.63, 3.8) is 0 Å². The second kappa shape index (κ2) is 3.62. The number of hydrogen-bond acceptors (Lipinski definition) is 2. The van der Waals surface area contributed by atoms with Crippen LogP contribution < -0.4 is 4.74 Å². The molecule has 0 spiro atoms. The van der Waals surface area contributed by atoms with Crippen LogP contribution in [-0.4, -0.2) is 6.61 Å². The molecule has 1 heterocycles. The first-order chi connectivity index (χ1) is 6.70. The summed E-state index contributed by atoms with van der Waals surface area (Å²) < 4.78 is 6.84. The Balaban J connectivity index is 2.59. The molecule has 0 atom stereocenters. The lowest BCUT2D eigenvalue weighted by molar-refractivity contribution is 0.340. The fourth-order valence-corrected chi connectivity index (χ4v) is 2.69. The van der Waals surface area contributed by atoms with Gasteiger partial charge in [-0.25, -0.2) is 0 Å². The maximum absolute atomic E-state index is 5.51. The highest BCUT2D eigenvalue weighted by atomic mass is 32.1. The van der Waals surface area contributed by atoms with Crippen molar-refractivity contribution in [3.05, 3.63) is 28.6 Å². The van der Waals surface area contributed by atoms with Crippen LogP contribution in [0.3, 0.4) is 0 Å². The van der Waals surface area contributed by atoms with Gasteiger partial charge in [0.2, 0.25) is 0 Å². The van der Waals surface area contributed by atoms with Gasteiger partial charge in [-0.05, 0) is 49.9 Å². The maximum atomic E-state index is 5.51. The number of hydrogen-bond donors (Lipinski definition) is 0. The Kier molecular flexibility index (Phi) is 2.46. The molecule has 0 aliphatic heterocycles. The topological polar surface area (TPSA) is 9.23 Å². The van der Waals surface area contributed by atoms with E-state index in [0.717, 1.165) is 12.4 Å². The summed E-state index contributed by atoms with van der Waals surface area (Å²) in [5, 5.41) is 1.36. The molecule has 0 radical (unpaired) electrons. The zero-order chi connectivity index (χ0) is 10.1. The predicted octanol–water partition coefficient (Wildman–Crippen LogP) is 3.92. The standard InChI is InChI=1S/C12H14OS/c1-4-13-10-5-8(2)11-6-9(3)14-12(11)7-10/h5-7H,4H2,1-3H3. The average Bonchev–Trinajstić information content (AvgIpc) is 2.47. The van der Waals surface area contributed by atoms with Gasteiger partial charge in [0.05, 0.1) is 6.61 Å². The molecule has 0 saturated heterocycles. The van der Waals surface area contributed by atoms with Crippen molar-refractivity contribution in [3.8, 4) is 5.75 Å². The molecule has 0 unspecified atom stereocenters. The summed E-state index contributed by atoms with van der Waals surface area (Å²) in [5.41, 5.74) is 1.30. The predicted molar refractivity (Wildman–Crippen MR) is 62.5 cm³/mol. The second-order valence-corrected chi connectivity index (χ2v) is 4.73. The Hall–Kier alpha value is -1.02. The molecule has 2 heteroatoms. The van der Waals surface area contributed by atoms with Crippen LogP contribution in [-0.2, 0) is 0 Å². The molecule has 14 heavy (non-hydrogen) atoms. The summed E-state index contributed by atoms with van der Waals surface area (Å²) in [7, 11) is 0. The molecule has 1 aromatic carbocycles. The Morgan fingerprint density at radius 3 is 2.71 bits per heavy atom. The molecule has 0 fully saturated rings. The van der Waals surface area contributed by atoms with E-state index in [4.69, 9.17) is 4.74 Å². The van der Waals surface area contributed by atoms with Gasteiger partial charge in [0.1, 0.15) is 5.75 Å². The fraction of sp³-hybridized carbons (Fsp3) is 0.333. The molecule has 2 aromatic rings. The number of benzene rings is 1. The van der Waals surface area contributed by atoms with Gasteiger partial charge in [0.25, 0.3) is 0 Å².